The van der Waals surface area contributed by atoms with Gasteiger partial charge in [0.15, 0.2) is 0 Å². The van der Waals surface area contributed by atoms with Crippen LogP contribution in [0.2, 0.25) is 0 Å². The van der Waals surface area contributed by atoms with Crippen LogP contribution < -0.4 is 5.73 Å². The summed E-state index contributed by atoms with van der Waals surface area (Å²) < 4.78 is 13.3. The number of rotatable bonds is 0. The monoisotopic (exact) mass is 175 g/mol. The van der Waals surface area contributed by atoms with Crippen molar-refractivity contribution >= 4 is 16.6 Å². The first-order valence-corrected chi connectivity index (χ1v) is 3.68. The lowest BCUT2D eigenvalue weighted by Gasteiger charge is -1.95. The predicted octanol–water partition coefficient (Wildman–Crippen LogP) is 1.76. The Kier molecular flexibility index (Phi) is 1.46. The number of nitrogens with one attached hydrogen (secondary N) is 1. The van der Waals surface area contributed by atoms with Gasteiger partial charge in [-0.1, -0.05) is 0 Å². The number of nitrogens with zero attached hydrogens (tertiary/aromatic N) is 1. The first-order valence-electron chi connectivity index (χ1n) is 3.68. The Morgan fingerprint density at radius 3 is 2.92 bits per heavy atom. The highest BCUT2D eigenvalue weighted by Gasteiger charge is 2.08. The summed E-state index contributed by atoms with van der Waals surface area (Å²) in [6, 6.07) is 4.70. The van der Waals surface area contributed by atoms with E-state index in [1.807, 2.05) is 6.07 Å². The molecule has 1 aromatic carbocycles. The topological polar surface area (TPSA) is 65.6 Å². The Balaban J connectivity index is 2.92. The Bertz CT molecular complexity index is 507. The van der Waals surface area contributed by atoms with Crippen molar-refractivity contribution in [2.24, 2.45) is 0 Å². The first-order chi connectivity index (χ1) is 6.22. The Morgan fingerprint density at radius 2 is 2.23 bits per heavy atom. The zero-order valence-electron chi connectivity index (χ0n) is 6.63. The third kappa shape index (κ3) is 1.02. The fourth-order valence-electron chi connectivity index (χ4n) is 1.33. The molecule has 3 N–H and O–H groups in total. The summed E-state index contributed by atoms with van der Waals surface area (Å²) in [5, 5.41) is 8.95. The molecule has 0 aliphatic heterocycles. The van der Waals surface area contributed by atoms with Crippen LogP contribution in [-0.4, -0.2) is 4.98 Å². The number of H-pyrrole nitrogens is 1. The number of hydrogen-bond acceptors (Lipinski definition) is 2. The molecule has 0 unspecified atom stereocenters. The van der Waals surface area contributed by atoms with Crippen LogP contribution in [0.1, 0.15) is 5.56 Å². The van der Waals surface area contributed by atoms with Crippen LogP contribution in [0.5, 0.6) is 0 Å². The van der Waals surface area contributed by atoms with Crippen LogP contribution in [0.25, 0.3) is 10.9 Å². The lowest BCUT2D eigenvalue weighted by Crippen LogP contribution is -1.87. The van der Waals surface area contributed by atoms with Crippen LogP contribution in [0.4, 0.5) is 10.1 Å². The molecule has 0 amide bonds. The standard InChI is InChI=1S/C9H6FN3/c10-7-1-6(12)2-8-9(7)5(3-11)4-13-8/h1-2,4,13H,12H2. The van der Waals surface area contributed by atoms with Gasteiger partial charge in [0.1, 0.15) is 11.9 Å². The molecule has 1 aromatic heterocycles. The normalized spacial score (nSPS) is 10.2. The number of anilines is 1. The molecule has 0 bridgehead atoms. The van der Waals surface area contributed by atoms with E-state index in [-0.39, 0.29) is 0 Å². The van der Waals surface area contributed by atoms with Crippen LogP contribution in [-0.2, 0) is 0 Å². The number of aromatic nitrogens is 1. The molecule has 0 aliphatic carbocycles. The van der Waals surface area contributed by atoms with Crippen molar-refractivity contribution in [1.82, 2.24) is 4.98 Å². The molecular formula is C9H6FN3. The van der Waals surface area contributed by atoms with Gasteiger partial charge in [0.05, 0.1) is 16.5 Å². The molecule has 0 aliphatic rings. The second-order valence-electron chi connectivity index (χ2n) is 2.74. The minimum atomic E-state index is -0.465. The maximum Gasteiger partial charge on any atom is 0.135 e. The lowest BCUT2D eigenvalue weighted by molar-refractivity contribution is 0.640. The van der Waals surface area contributed by atoms with Crippen LogP contribution in [0, 0.1) is 17.1 Å². The van der Waals surface area contributed by atoms with Crippen LogP contribution in [0.3, 0.4) is 0 Å². The van der Waals surface area contributed by atoms with E-state index in [1.165, 1.54) is 12.3 Å². The van der Waals surface area contributed by atoms with Crippen molar-refractivity contribution in [3.05, 3.63) is 29.7 Å². The van der Waals surface area contributed by atoms with E-state index >= 15 is 0 Å². The number of benzene rings is 1. The molecule has 2 rings (SSSR count). The van der Waals surface area contributed by atoms with Gasteiger partial charge in [-0.05, 0) is 12.1 Å². The molecular weight excluding hydrogens is 169 g/mol. The Hall–Kier alpha value is -2.02. The average molecular weight is 175 g/mol. The molecule has 64 valence electrons. The van der Waals surface area contributed by atoms with Gasteiger partial charge >= 0.3 is 0 Å². The van der Waals surface area contributed by atoms with E-state index in [2.05, 4.69) is 4.98 Å². The van der Waals surface area contributed by atoms with E-state index in [1.54, 1.807) is 6.07 Å². The van der Waals surface area contributed by atoms with Gasteiger partial charge in [0, 0.05) is 11.9 Å². The number of nitrogens with two attached hydrogens (primary N) is 1. The van der Waals surface area contributed by atoms with Crippen molar-refractivity contribution in [3.8, 4) is 6.07 Å². The molecule has 0 saturated carbocycles. The minimum absolute atomic E-state index is 0.299. The van der Waals surface area contributed by atoms with Crippen molar-refractivity contribution in [2.45, 2.75) is 0 Å². The average Bonchev–Trinajstić information content (AvgIpc) is 2.47. The number of fused-ring (bicyclic) bond motifs is 1. The summed E-state index contributed by atoms with van der Waals surface area (Å²) in [6.45, 7) is 0. The zero-order chi connectivity index (χ0) is 9.42. The van der Waals surface area contributed by atoms with Gasteiger partial charge < -0.3 is 10.7 Å². The molecule has 4 heteroatoms. The highest BCUT2D eigenvalue weighted by molar-refractivity contribution is 5.88. The zero-order valence-corrected chi connectivity index (χ0v) is 6.63. The highest BCUT2D eigenvalue weighted by Crippen LogP contribution is 2.23. The molecule has 3 nitrogen and oxygen atoms in total. The quantitative estimate of drug-likeness (QED) is 0.599. The summed E-state index contributed by atoms with van der Waals surface area (Å²) in [5.74, 6) is -0.465. The first kappa shape index (κ1) is 7.62. The van der Waals surface area contributed by atoms with E-state index in [4.69, 9.17) is 11.0 Å². The highest BCUT2D eigenvalue weighted by atomic mass is 19.1. The van der Waals surface area contributed by atoms with E-state index in [0.717, 1.165) is 0 Å². The summed E-state index contributed by atoms with van der Waals surface area (Å²) in [7, 11) is 0. The molecule has 13 heavy (non-hydrogen) atoms. The van der Waals surface area contributed by atoms with E-state index in [0.29, 0.717) is 22.2 Å². The van der Waals surface area contributed by atoms with Gasteiger partial charge in [-0.15, -0.1) is 0 Å². The van der Waals surface area contributed by atoms with Gasteiger partial charge in [-0.25, -0.2) is 4.39 Å². The largest absolute Gasteiger partial charge is 0.399 e. The summed E-state index contributed by atoms with van der Waals surface area (Å²) in [6.07, 6.45) is 1.47. The second-order valence-corrected chi connectivity index (χ2v) is 2.74. The molecule has 0 saturated heterocycles. The molecule has 0 fully saturated rings. The third-order valence-corrected chi connectivity index (χ3v) is 1.87. The predicted molar refractivity (Wildman–Crippen MR) is 47.4 cm³/mol. The fourth-order valence-corrected chi connectivity index (χ4v) is 1.33. The Labute approximate surface area is 73.6 Å². The van der Waals surface area contributed by atoms with E-state index < -0.39 is 5.82 Å². The molecule has 0 spiro atoms. The van der Waals surface area contributed by atoms with Crippen molar-refractivity contribution in [1.29, 1.82) is 5.26 Å². The molecule has 0 atom stereocenters. The minimum Gasteiger partial charge on any atom is -0.399 e. The van der Waals surface area contributed by atoms with Gasteiger partial charge in [-0.3, -0.25) is 0 Å². The lowest BCUT2D eigenvalue weighted by atomic mass is 10.1. The third-order valence-electron chi connectivity index (χ3n) is 1.87. The van der Waals surface area contributed by atoms with Gasteiger partial charge in [0.2, 0.25) is 0 Å². The number of hydrogen-bond donors (Lipinski definition) is 2. The second kappa shape index (κ2) is 2.49. The smallest absolute Gasteiger partial charge is 0.135 e. The number of nitriles is 1. The molecule has 0 radical (unpaired) electrons. The summed E-state index contributed by atoms with van der Waals surface area (Å²) >= 11 is 0. The van der Waals surface area contributed by atoms with Crippen molar-refractivity contribution in [3.63, 3.8) is 0 Å². The maximum absolute atomic E-state index is 13.3. The SMILES string of the molecule is N#Cc1c[nH]c2cc(N)cc(F)c12. The Morgan fingerprint density at radius 1 is 1.46 bits per heavy atom. The number of aromatic amines is 1. The van der Waals surface area contributed by atoms with Crippen LogP contribution >= 0.6 is 0 Å². The number of nitrogen functional groups attached to an aromatic ring is 1. The summed E-state index contributed by atoms with van der Waals surface area (Å²) in [4.78, 5) is 2.78. The van der Waals surface area contributed by atoms with Crippen molar-refractivity contribution in [2.75, 3.05) is 5.73 Å². The van der Waals surface area contributed by atoms with Crippen LogP contribution in [0.15, 0.2) is 18.3 Å². The molecule has 2 aromatic rings. The van der Waals surface area contributed by atoms with Gasteiger partial charge in [0.25, 0.3) is 0 Å². The molecule has 1 heterocycles. The fraction of sp³-hybridized carbons (Fsp3) is 0. The van der Waals surface area contributed by atoms with Gasteiger partial charge in [-0.2, -0.15) is 5.26 Å². The van der Waals surface area contributed by atoms with Crippen molar-refractivity contribution < 1.29 is 4.39 Å². The van der Waals surface area contributed by atoms with E-state index in [9.17, 15) is 4.39 Å². The number of halogens is 1. The summed E-state index contributed by atoms with van der Waals surface area (Å²) in [5.41, 5.74) is 6.63. The maximum atomic E-state index is 13.3.